The summed E-state index contributed by atoms with van der Waals surface area (Å²) in [6.45, 7) is -0.738. The van der Waals surface area contributed by atoms with Crippen molar-refractivity contribution in [1.29, 1.82) is 0 Å². The van der Waals surface area contributed by atoms with Crippen LogP contribution in [0.1, 0.15) is 16.8 Å². The lowest BCUT2D eigenvalue weighted by molar-refractivity contribution is -0.147. The molecule has 0 saturated carbocycles. The molecule has 154 valence electrons. The second kappa shape index (κ2) is 11.9. The second-order valence-electron chi connectivity index (χ2n) is 6.04. The Hall–Kier alpha value is -2.87. The number of ether oxygens (including phenoxy) is 2. The molecule has 0 saturated heterocycles. The minimum atomic E-state index is -0.893. The fraction of sp³-hybridized carbons (Fsp3) is 0.286. The highest BCUT2D eigenvalue weighted by atomic mass is 32.2. The summed E-state index contributed by atoms with van der Waals surface area (Å²) >= 11 is 1.51. The quantitative estimate of drug-likeness (QED) is 0.446. The van der Waals surface area contributed by atoms with Crippen molar-refractivity contribution >= 4 is 29.4 Å². The molecule has 0 spiro atoms. The van der Waals surface area contributed by atoms with E-state index in [1.54, 1.807) is 24.3 Å². The van der Waals surface area contributed by atoms with Crippen molar-refractivity contribution in [1.82, 2.24) is 5.32 Å². The Kier molecular flexibility index (Phi) is 9.17. The average molecular weight is 419 g/mol. The first-order valence-corrected chi connectivity index (χ1v) is 10.3. The van der Waals surface area contributed by atoms with Gasteiger partial charge in [0.25, 0.3) is 5.91 Å². The van der Waals surface area contributed by atoms with Gasteiger partial charge in [-0.1, -0.05) is 18.2 Å². The standard InChI is InChI=1S/C21H22FNO5S/c1-29-12-11-18(23-20(25)14-27-17-5-3-2-4-6-17)21(26)28-13-19(24)15-7-9-16(22)10-8-15/h2-10,18H,11-14H2,1H3,(H,23,25)/t18-/m1/s1. The summed E-state index contributed by atoms with van der Waals surface area (Å²) in [6, 6.07) is 12.9. The van der Waals surface area contributed by atoms with Crippen molar-refractivity contribution < 1.29 is 28.2 Å². The van der Waals surface area contributed by atoms with Crippen molar-refractivity contribution in [2.24, 2.45) is 0 Å². The van der Waals surface area contributed by atoms with E-state index in [1.807, 2.05) is 12.3 Å². The minimum absolute atomic E-state index is 0.236. The van der Waals surface area contributed by atoms with Crippen molar-refractivity contribution in [3.63, 3.8) is 0 Å². The fourth-order valence-electron chi connectivity index (χ4n) is 2.34. The molecule has 0 aliphatic heterocycles. The number of nitrogens with one attached hydrogen (secondary N) is 1. The third-order valence-corrected chi connectivity index (χ3v) is 4.50. The molecule has 1 atom stereocenters. The lowest BCUT2D eigenvalue weighted by Gasteiger charge is -2.17. The number of para-hydroxylation sites is 1. The van der Waals surface area contributed by atoms with Crippen LogP contribution in [-0.4, -0.2) is 48.9 Å². The van der Waals surface area contributed by atoms with Gasteiger partial charge in [0.1, 0.15) is 17.6 Å². The monoisotopic (exact) mass is 419 g/mol. The zero-order valence-electron chi connectivity index (χ0n) is 15.9. The van der Waals surface area contributed by atoms with Crippen molar-refractivity contribution in [2.75, 3.05) is 25.2 Å². The summed E-state index contributed by atoms with van der Waals surface area (Å²) < 4.78 is 23.4. The van der Waals surface area contributed by atoms with Gasteiger partial charge >= 0.3 is 5.97 Å². The number of Topliss-reactive ketones (excluding diaryl/α,β-unsaturated/α-hetero) is 1. The summed E-state index contributed by atoms with van der Waals surface area (Å²) in [6.07, 6.45) is 2.22. The SMILES string of the molecule is CSCC[C@@H](NC(=O)COc1ccccc1)C(=O)OCC(=O)c1ccc(F)cc1. The molecule has 6 nitrogen and oxygen atoms in total. The Morgan fingerprint density at radius 1 is 1.03 bits per heavy atom. The largest absolute Gasteiger partial charge is 0.484 e. The van der Waals surface area contributed by atoms with Crippen molar-refractivity contribution in [3.8, 4) is 5.75 Å². The van der Waals surface area contributed by atoms with Gasteiger partial charge < -0.3 is 14.8 Å². The first kappa shape index (κ1) is 22.4. The van der Waals surface area contributed by atoms with Crippen LogP contribution in [0.2, 0.25) is 0 Å². The summed E-state index contributed by atoms with van der Waals surface area (Å²) in [5.74, 6) is -0.942. The first-order valence-electron chi connectivity index (χ1n) is 8.91. The van der Waals surface area contributed by atoms with Crippen LogP contribution >= 0.6 is 11.8 Å². The number of halogens is 1. The number of esters is 1. The minimum Gasteiger partial charge on any atom is -0.484 e. The number of hydrogen-bond acceptors (Lipinski definition) is 6. The molecule has 2 aromatic rings. The number of rotatable bonds is 11. The van der Waals surface area contributed by atoms with Crippen LogP contribution in [0.4, 0.5) is 4.39 Å². The Balaban J connectivity index is 1.86. The molecular formula is C21H22FNO5S. The Bertz CT molecular complexity index is 814. The molecule has 0 unspecified atom stereocenters. The Morgan fingerprint density at radius 3 is 2.38 bits per heavy atom. The maximum atomic E-state index is 12.9. The van der Waals surface area contributed by atoms with Gasteiger partial charge in [-0.15, -0.1) is 0 Å². The molecule has 1 amide bonds. The Labute approximate surface area is 172 Å². The number of ketones is 1. The van der Waals surface area contributed by atoms with E-state index in [9.17, 15) is 18.8 Å². The highest BCUT2D eigenvalue weighted by Gasteiger charge is 2.23. The lowest BCUT2D eigenvalue weighted by Crippen LogP contribution is -2.44. The molecular weight excluding hydrogens is 397 g/mol. The molecule has 2 aromatic carbocycles. The normalized spacial score (nSPS) is 11.4. The van der Waals surface area contributed by atoms with Crippen LogP contribution in [0.25, 0.3) is 0 Å². The average Bonchev–Trinajstić information content (AvgIpc) is 2.74. The molecule has 0 aromatic heterocycles. The highest BCUT2D eigenvalue weighted by molar-refractivity contribution is 7.98. The number of thioether (sulfide) groups is 1. The first-order chi connectivity index (χ1) is 14.0. The zero-order valence-corrected chi connectivity index (χ0v) is 16.7. The number of carbonyl (C=O) groups excluding carboxylic acids is 3. The smallest absolute Gasteiger partial charge is 0.329 e. The van der Waals surface area contributed by atoms with Crippen molar-refractivity contribution in [3.05, 3.63) is 66.0 Å². The molecule has 0 heterocycles. The van der Waals surface area contributed by atoms with Gasteiger partial charge in [-0.05, 0) is 54.8 Å². The number of amides is 1. The van der Waals surface area contributed by atoms with Crippen molar-refractivity contribution in [2.45, 2.75) is 12.5 Å². The number of benzene rings is 2. The fourth-order valence-corrected chi connectivity index (χ4v) is 2.81. The summed E-state index contributed by atoms with van der Waals surface area (Å²) in [5.41, 5.74) is 0.236. The predicted molar refractivity (Wildman–Crippen MR) is 109 cm³/mol. The lowest BCUT2D eigenvalue weighted by atomic mass is 10.1. The summed E-state index contributed by atoms with van der Waals surface area (Å²) in [7, 11) is 0. The van der Waals surface area contributed by atoms with Gasteiger partial charge in [0.15, 0.2) is 19.0 Å². The second-order valence-corrected chi connectivity index (χ2v) is 7.03. The molecule has 8 heteroatoms. The van der Waals surface area contributed by atoms with Gasteiger partial charge in [-0.2, -0.15) is 11.8 Å². The van der Waals surface area contributed by atoms with Gasteiger partial charge in [0, 0.05) is 5.56 Å². The summed E-state index contributed by atoms with van der Waals surface area (Å²) in [5, 5.41) is 2.58. The van der Waals surface area contributed by atoms with E-state index in [0.29, 0.717) is 17.9 Å². The Morgan fingerprint density at radius 2 is 1.72 bits per heavy atom. The van der Waals surface area contributed by atoms with E-state index in [1.165, 1.54) is 23.9 Å². The molecule has 0 aliphatic rings. The van der Waals surface area contributed by atoms with E-state index >= 15 is 0 Å². The summed E-state index contributed by atoms with van der Waals surface area (Å²) in [4.78, 5) is 36.5. The maximum Gasteiger partial charge on any atom is 0.329 e. The third kappa shape index (κ3) is 7.95. The molecule has 29 heavy (non-hydrogen) atoms. The van der Waals surface area contributed by atoms with Crippen LogP contribution in [0.3, 0.4) is 0 Å². The van der Waals surface area contributed by atoms with Gasteiger partial charge in [0.05, 0.1) is 0 Å². The molecule has 2 rings (SSSR count). The van der Waals surface area contributed by atoms with E-state index < -0.39 is 36.1 Å². The number of carbonyl (C=O) groups is 3. The van der Waals surface area contributed by atoms with E-state index in [2.05, 4.69) is 5.32 Å². The maximum absolute atomic E-state index is 12.9. The molecule has 1 N–H and O–H groups in total. The van der Waals surface area contributed by atoms with E-state index in [-0.39, 0.29) is 12.2 Å². The van der Waals surface area contributed by atoms with Crippen LogP contribution < -0.4 is 10.1 Å². The molecule has 0 aliphatic carbocycles. The van der Waals surface area contributed by atoms with E-state index in [4.69, 9.17) is 9.47 Å². The molecule has 0 fully saturated rings. The van der Waals surface area contributed by atoms with Crippen LogP contribution in [0, 0.1) is 5.82 Å². The van der Waals surface area contributed by atoms with Gasteiger partial charge in [-0.3, -0.25) is 9.59 Å². The van der Waals surface area contributed by atoms with E-state index in [0.717, 1.165) is 12.1 Å². The molecule has 0 radical (unpaired) electrons. The van der Waals surface area contributed by atoms with Crippen LogP contribution in [0.15, 0.2) is 54.6 Å². The predicted octanol–water partition coefficient (Wildman–Crippen LogP) is 2.87. The van der Waals surface area contributed by atoms with Crippen LogP contribution in [0.5, 0.6) is 5.75 Å². The van der Waals surface area contributed by atoms with Gasteiger partial charge in [0.2, 0.25) is 0 Å². The third-order valence-electron chi connectivity index (χ3n) is 3.86. The molecule has 0 bridgehead atoms. The van der Waals surface area contributed by atoms with Gasteiger partial charge in [-0.25, -0.2) is 9.18 Å². The zero-order chi connectivity index (χ0) is 21.1. The highest BCUT2D eigenvalue weighted by Crippen LogP contribution is 2.09. The van der Waals surface area contributed by atoms with Crippen LogP contribution in [-0.2, 0) is 14.3 Å². The number of hydrogen-bond donors (Lipinski definition) is 1. The topological polar surface area (TPSA) is 81.7 Å².